The highest BCUT2D eigenvalue weighted by molar-refractivity contribution is 6.32. The number of pyridine rings is 1. The van der Waals surface area contributed by atoms with Gasteiger partial charge in [-0.25, -0.2) is 0 Å². The number of fused-ring (bicyclic) bond motifs is 3. The fourth-order valence-electron chi connectivity index (χ4n) is 10.8. The summed E-state index contributed by atoms with van der Waals surface area (Å²) in [6.45, 7) is 7.16. The molecule has 56 heavy (non-hydrogen) atoms. The van der Waals surface area contributed by atoms with Crippen LogP contribution < -0.4 is 4.90 Å². The van der Waals surface area contributed by atoms with Gasteiger partial charge in [0, 0.05) is 28.7 Å². The van der Waals surface area contributed by atoms with Crippen molar-refractivity contribution in [3.8, 4) is 44.5 Å². The molecule has 2 nitrogen and oxygen atoms in total. The lowest BCUT2D eigenvalue weighted by Gasteiger charge is -2.50. The van der Waals surface area contributed by atoms with Crippen molar-refractivity contribution in [2.24, 2.45) is 0 Å². The van der Waals surface area contributed by atoms with Gasteiger partial charge in [0.2, 0.25) is 0 Å². The first-order valence-electron chi connectivity index (χ1n) is 20.3. The Morgan fingerprint density at radius 2 is 0.964 bits per heavy atom. The van der Waals surface area contributed by atoms with E-state index >= 15 is 0 Å². The number of hydrogen-bond donors (Lipinski definition) is 0. The van der Waals surface area contributed by atoms with Gasteiger partial charge in [0.15, 0.2) is 0 Å². The third-order valence-corrected chi connectivity index (χ3v) is 13.7. The molecule has 0 N–H and O–H groups in total. The van der Waals surface area contributed by atoms with Crippen molar-refractivity contribution in [1.82, 2.24) is 4.98 Å². The monoisotopic (exact) mass is 720 g/mol. The van der Waals surface area contributed by atoms with Crippen LogP contribution in [0.5, 0.6) is 0 Å². The SMILES string of the molecule is Cc1cc(N2c3ccc(-c4cc(-c5ccccc5)c5ccc6c(-c7ccccc7)cc(-c7ccccc7)c7ccc4c5c67)cc3C3(C)CCCCC23C)ccn1. The molecule has 2 unspecified atom stereocenters. The molecule has 11 rings (SSSR count). The maximum Gasteiger partial charge on any atom is 0.0517 e. The zero-order chi connectivity index (χ0) is 37.6. The normalized spacial score (nSPS) is 19.2. The molecule has 1 aliphatic heterocycles. The Hall–Kier alpha value is -6.25. The van der Waals surface area contributed by atoms with Crippen LogP contribution in [-0.4, -0.2) is 10.5 Å². The molecule has 9 aromatic rings. The van der Waals surface area contributed by atoms with E-state index in [-0.39, 0.29) is 11.0 Å². The number of benzene rings is 8. The van der Waals surface area contributed by atoms with E-state index in [0.29, 0.717) is 0 Å². The van der Waals surface area contributed by atoms with Gasteiger partial charge in [-0.15, -0.1) is 0 Å². The highest BCUT2D eigenvalue weighted by atomic mass is 15.3. The molecule has 2 atom stereocenters. The first kappa shape index (κ1) is 33.1. The lowest BCUT2D eigenvalue weighted by Crippen LogP contribution is -2.54. The van der Waals surface area contributed by atoms with E-state index in [1.807, 2.05) is 6.20 Å². The maximum absolute atomic E-state index is 4.58. The second-order valence-electron chi connectivity index (χ2n) is 16.6. The Morgan fingerprint density at radius 1 is 0.482 bits per heavy atom. The first-order chi connectivity index (χ1) is 27.4. The number of nitrogens with zero attached hydrogens (tertiary/aromatic N) is 2. The van der Waals surface area contributed by atoms with Crippen LogP contribution in [0, 0.1) is 6.92 Å². The van der Waals surface area contributed by atoms with Gasteiger partial charge in [-0.1, -0.05) is 141 Å². The second kappa shape index (κ2) is 12.4. The molecule has 2 heteroatoms. The Labute approximate surface area is 329 Å². The highest BCUT2D eigenvalue weighted by Crippen LogP contribution is 2.61. The minimum Gasteiger partial charge on any atom is -0.334 e. The Kier molecular flexibility index (Phi) is 7.32. The summed E-state index contributed by atoms with van der Waals surface area (Å²) in [6.07, 6.45) is 6.82. The van der Waals surface area contributed by atoms with E-state index in [0.717, 1.165) is 5.69 Å². The summed E-state index contributed by atoms with van der Waals surface area (Å²) in [6, 6.07) is 59.2. The lowest BCUT2D eigenvalue weighted by atomic mass is 9.61. The lowest BCUT2D eigenvalue weighted by molar-refractivity contribution is 0.195. The van der Waals surface area contributed by atoms with Gasteiger partial charge in [0.25, 0.3) is 0 Å². The van der Waals surface area contributed by atoms with Crippen LogP contribution >= 0.6 is 0 Å². The molecule has 2 heterocycles. The van der Waals surface area contributed by atoms with E-state index < -0.39 is 0 Å². The van der Waals surface area contributed by atoms with Gasteiger partial charge in [0.05, 0.1) is 5.54 Å². The quantitative estimate of drug-likeness (QED) is 0.165. The minimum absolute atomic E-state index is 0.00891. The van der Waals surface area contributed by atoms with Crippen LogP contribution in [-0.2, 0) is 5.41 Å². The van der Waals surface area contributed by atoms with Crippen molar-refractivity contribution in [3.63, 3.8) is 0 Å². The van der Waals surface area contributed by atoms with E-state index in [9.17, 15) is 0 Å². The summed E-state index contributed by atoms with van der Waals surface area (Å²) in [4.78, 5) is 7.24. The molecule has 0 radical (unpaired) electrons. The number of aromatic nitrogens is 1. The van der Waals surface area contributed by atoms with Crippen molar-refractivity contribution in [1.29, 1.82) is 0 Å². The number of hydrogen-bond acceptors (Lipinski definition) is 2. The average Bonchev–Trinajstić information content (AvgIpc) is 3.45. The molecule has 0 bridgehead atoms. The van der Waals surface area contributed by atoms with Crippen molar-refractivity contribution in [3.05, 3.63) is 175 Å². The number of aryl methyl sites for hydroxylation is 1. The molecule has 0 saturated heterocycles. The topological polar surface area (TPSA) is 16.1 Å². The van der Waals surface area contributed by atoms with E-state index in [2.05, 4.69) is 188 Å². The van der Waals surface area contributed by atoms with Crippen LogP contribution in [0.25, 0.3) is 76.8 Å². The highest BCUT2D eigenvalue weighted by Gasteiger charge is 2.57. The predicted molar refractivity (Wildman–Crippen MR) is 237 cm³/mol. The minimum atomic E-state index is -0.0282. The predicted octanol–water partition coefficient (Wildman–Crippen LogP) is 14.7. The zero-order valence-electron chi connectivity index (χ0n) is 32.3. The number of rotatable bonds is 5. The molecule has 2 aliphatic rings. The first-order valence-corrected chi connectivity index (χ1v) is 20.3. The fraction of sp³-hybridized carbons (Fsp3) is 0.167. The molecule has 270 valence electrons. The van der Waals surface area contributed by atoms with E-state index in [4.69, 9.17) is 0 Å². The van der Waals surface area contributed by atoms with E-state index in [1.54, 1.807) is 0 Å². The average molecular weight is 721 g/mol. The van der Waals surface area contributed by atoms with Crippen LogP contribution in [0.1, 0.15) is 50.8 Å². The van der Waals surface area contributed by atoms with Crippen molar-refractivity contribution < 1.29 is 0 Å². The molecule has 0 spiro atoms. The number of anilines is 2. The molecular formula is C54H44N2. The maximum atomic E-state index is 4.58. The van der Waals surface area contributed by atoms with Gasteiger partial charge in [-0.3, -0.25) is 4.98 Å². The summed E-state index contributed by atoms with van der Waals surface area (Å²) in [7, 11) is 0. The summed E-state index contributed by atoms with van der Waals surface area (Å²) in [5, 5.41) is 7.87. The van der Waals surface area contributed by atoms with Crippen LogP contribution in [0.2, 0.25) is 0 Å². The van der Waals surface area contributed by atoms with Crippen LogP contribution in [0.3, 0.4) is 0 Å². The van der Waals surface area contributed by atoms with Gasteiger partial charge < -0.3 is 4.90 Å². The molecule has 1 aromatic heterocycles. The molecule has 1 saturated carbocycles. The summed E-state index contributed by atoms with van der Waals surface area (Å²) < 4.78 is 0. The third kappa shape index (κ3) is 4.72. The van der Waals surface area contributed by atoms with Gasteiger partial charge in [0.1, 0.15) is 0 Å². The smallest absolute Gasteiger partial charge is 0.0517 e. The second-order valence-corrected chi connectivity index (χ2v) is 16.6. The van der Waals surface area contributed by atoms with E-state index in [1.165, 1.54) is 119 Å². The third-order valence-electron chi connectivity index (χ3n) is 13.7. The molecule has 0 amide bonds. The summed E-state index contributed by atoms with van der Waals surface area (Å²) >= 11 is 0. The van der Waals surface area contributed by atoms with Crippen molar-refractivity contribution >= 4 is 43.7 Å². The largest absolute Gasteiger partial charge is 0.334 e. The Morgan fingerprint density at radius 3 is 1.46 bits per heavy atom. The molecule has 1 aliphatic carbocycles. The summed E-state index contributed by atoms with van der Waals surface area (Å²) in [5.41, 5.74) is 15.2. The Balaban J connectivity index is 1.23. The zero-order valence-corrected chi connectivity index (χ0v) is 32.3. The van der Waals surface area contributed by atoms with Crippen molar-refractivity contribution in [2.45, 2.75) is 57.4 Å². The Bertz CT molecular complexity index is 2890. The summed E-state index contributed by atoms with van der Waals surface area (Å²) in [5.74, 6) is 0. The molecule has 1 fully saturated rings. The van der Waals surface area contributed by atoms with Crippen molar-refractivity contribution in [2.75, 3.05) is 4.90 Å². The van der Waals surface area contributed by atoms with Crippen LogP contribution in [0.4, 0.5) is 11.4 Å². The molecule has 8 aromatic carbocycles. The van der Waals surface area contributed by atoms with Gasteiger partial charge in [-0.05, 0) is 145 Å². The van der Waals surface area contributed by atoms with Crippen LogP contribution in [0.15, 0.2) is 164 Å². The van der Waals surface area contributed by atoms with Gasteiger partial charge in [-0.2, -0.15) is 0 Å². The van der Waals surface area contributed by atoms with Gasteiger partial charge >= 0.3 is 0 Å². The molecular weight excluding hydrogens is 677 g/mol. The fourth-order valence-corrected chi connectivity index (χ4v) is 10.8. The standard InChI is InChI=1S/C54H44N2/c1-35-31-40(27-30-55-35)56-50-26-21-39(32-49(50)53(2)28-13-14-29-54(53,56)3)48-34-47(38-19-11-6-12-20-38)43-23-22-41-45(36-15-7-4-8-16-36)33-46(37-17-9-5-10-18-37)42-24-25-44(48)52(43)51(41)42/h4-12,15-27,30-34H,13-14,28-29H2,1-3H3.